The molecule has 1 amide bonds. The van der Waals surface area contributed by atoms with Crippen molar-refractivity contribution in [2.24, 2.45) is 0 Å². The van der Waals surface area contributed by atoms with Crippen LogP contribution in [-0.2, 0) is 0 Å². The van der Waals surface area contributed by atoms with Gasteiger partial charge in [-0.3, -0.25) is 20.2 Å². The largest absolute Gasteiger partial charge is 0.436 e. The number of nitrogens with one attached hydrogen (secondary N) is 2. The number of nitro benzene ring substituents is 1. The number of anilines is 2. The Bertz CT molecular complexity index is 1570. The molecule has 194 valence electrons. The number of fused-ring (bicyclic) bond motifs is 1. The molecule has 0 saturated carbocycles. The van der Waals surface area contributed by atoms with Crippen LogP contribution in [0.2, 0.25) is 10.0 Å². The number of hydrogen-bond donors (Lipinski definition) is 2. The van der Waals surface area contributed by atoms with E-state index in [9.17, 15) is 14.9 Å². The second-order valence-electron chi connectivity index (χ2n) is 8.72. The minimum Gasteiger partial charge on any atom is -0.436 e. The molecule has 1 aromatic heterocycles. The Hall–Kier alpha value is -3.73. The molecule has 0 unspecified atom stereocenters. The van der Waals surface area contributed by atoms with Crippen molar-refractivity contribution in [3.05, 3.63) is 80.3 Å². The average Bonchev–Trinajstić information content (AvgIpc) is 3.33. The Kier molecular flexibility index (Phi) is 7.46. The first kappa shape index (κ1) is 25.9. The molecule has 0 bridgehead atoms. The number of thiocarbonyl (C=S) groups is 1. The summed E-state index contributed by atoms with van der Waals surface area (Å²) in [5.41, 5.74) is 2.74. The van der Waals surface area contributed by atoms with E-state index in [2.05, 4.69) is 15.6 Å². The van der Waals surface area contributed by atoms with Crippen LogP contribution in [0.4, 0.5) is 17.1 Å². The maximum atomic E-state index is 12.8. The van der Waals surface area contributed by atoms with Crippen molar-refractivity contribution in [1.29, 1.82) is 0 Å². The number of carbonyl (C=O) groups is 1. The van der Waals surface area contributed by atoms with Crippen molar-refractivity contribution in [1.82, 2.24) is 10.3 Å². The number of halogens is 2. The zero-order valence-electron chi connectivity index (χ0n) is 19.9. The van der Waals surface area contributed by atoms with Gasteiger partial charge in [0, 0.05) is 30.4 Å². The van der Waals surface area contributed by atoms with Crippen LogP contribution in [0.5, 0.6) is 0 Å². The highest BCUT2D eigenvalue weighted by molar-refractivity contribution is 7.80. The predicted octanol–water partition coefficient (Wildman–Crippen LogP) is 6.83. The molecule has 9 nitrogen and oxygen atoms in total. The molecule has 2 heterocycles. The summed E-state index contributed by atoms with van der Waals surface area (Å²) in [5.74, 6) is -0.244. The number of carbonyl (C=O) groups excluding carboxylic acids is 1. The van der Waals surface area contributed by atoms with Crippen LogP contribution in [-0.4, -0.2) is 34.0 Å². The third-order valence-electron chi connectivity index (χ3n) is 6.19. The van der Waals surface area contributed by atoms with Gasteiger partial charge in [0.15, 0.2) is 10.7 Å². The average molecular weight is 570 g/mol. The third-order valence-corrected chi connectivity index (χ3v) is 7.21. The number of aromatic nitrogens is 1. The summed E-state index contributed by atoms with van der Waals surface area (Å²) in [6.45, 7) is 1.51. The molecule has 38 heavy (non-hydrogen) atoms. The summed E-state index contributed by atoms with van der Waals surface area (Å²) >= 11 is 17.7. The Morgan fingerprint density at radius 1 is 1.08 bits per heavy atom. The number of oxazole rings is 1. The van der Waals surface area contributed by atoms with E-state index in [1.807, 2.05) is 4.90 Å². The lowest BCUT2D eigenvalue weighted by molar-refractivity contribution is -0.384. The van der Waals surface area contributed by atoms with Gasteiger partial charge < -0.3 is 14.6 Å². The molecule has 0 aliphatic carbocycles. The van der Waals surface area contributed by atoms with E-state index in [1.54, 1.807) is 48.5 Å². The fourth-order valence-electron chi connectivity index (χ4n) is 4.34. The minimum atomic E-state index is -0.559. The van der Waals surface area contributed by atoms with Crippen LogP contribution in [0, 0.1) is 10.1 Å². The Morgan fingerprint density at radius 3 is 2.63 bits per heavy atom. The van der Waals surface area contributed by atoms with Gasteiger partial charge in [-0.15, -0.1) is 0 Å². The fraction of sp³-hybridized carbons (Fsp3) is 0.192. The van der Waals surface area contributed by atoms with Gasteiger partial charge in [0.05, 0.1) is 20.5 Å². The topological polar surface area (TPSA) is 114 Å². The van der Waals surface area contributed by atoms with Crippen LogP contribution in [0.15, 0.2) is 59.0 Å². The molecule has 4 aromatic rings. The monoisotopic (exact) mass is 569 g/mol. The molecule has 12 heteroatoms. The first-order chi connectivity index (χ1) is 18.3. The maximum absolute atomic E-state index is 12.8. The number of hydrogen-bond acceptors (Lipinski definition) is 7. The number of nitro groups is 1. The zero-order valence-corrected chi connectivity index (χ0v) is 22.2. The highest BCUT2D eigenvalue weighted by Crippen LogP contribution is 2.35. The van der Waals surface area contributed by atoms with Gasteiger partial charge in [-0.1, -0.05) is 29.3 Å². The second-order valence-corrected chi connectivity index (χ2v) is 9.91. The zero-order chi connectivity index (χ0) is 26.8. The quantitative estimate of drug-likeness (QED) is 0.153. The summed E-state index contributed by atoms with van der Waals surface area (Å²) < 4.78 is 5.81. The molecule has 2 N–H and O–H groups in total. The van der Waals surface area contributed by atoms with Crippen molar-refractivity contribution < 1.29 is 14.1 Å². The third kappa shape index (κ3) is 5.42. The highest BCUT2D eigenvalue weighted by Gasteiger charge is 2.23. The molecule has 3 aromatic carbocycles. The summed E-state index contributed by atoms with van der Waals surface area (Å²) in [5, 5.41) is 18.0. The molecular weight excluding hydrogens is 549 g/mol. The Labute approximate surface area is 232 Å². The van der Waals surface area contributed by atoms with E-state index in [0.29, 0.717) is 44.0 Å². The van der Waals surface area contributed by atoms with Crippen LogP contribution in [0.25, 0.3) is 22.6 Å². The molecule has 1 saturated heterocycles. The standard InChI is InChI=1S/C26H21Cl2N5O4S/c27-18-6-4-5-17(23(18)28)25-30-19-14-16(8-10-22(19)37-25)29-26(38)31-24(34)15-7-9-20(21(13-15)33(35)36)32-11-2-1-3-12-32/h4-10,13-14H,1-3,11-12H2,(H2,29,31,34,38). The molecule has 1 aliphatic rings. The number of piperidine rings is 1. The van der Waals surface area contributed by atoms with Crippen molar-refractivity contribution in [3.63, 3.8) is 0 Å². The van der Waals surface area contributed by atoms with Gasteiger partial charge in [-0.2, -0.15) is 0 Å². The SMILES string of the molecule is O=C(NC(=S)Nc1ccc2oc(-c3cccc(Cl)c3Cl)nc2c1)c1ccc(N2CCCCC2)c([N+](=O)[O-])c1. The van der Waals surface area contributed by atoms with E-state index < -0.39 is 10.8 Å². The molecule has 1 fully saturated rings. The van der Waals surface area contributed by atoms with E-state index in [0.717, 1.165) is 32.4 Å². The van der Waals surface area contributed by atoms with Crippen LogP contribution in [0.1, 0.15) is 29.6 Å². The molecular formula is C26H21Cl2N5O4S. The lowest BCUT2D eigenvalue weighted by Crippen LogP contribution is -2.34. The molecule has 0 atom stereocenters. The first-order valence-corrected chi connectivity index (χ1v) is 13.0. The smallest absolute Gasteiger partial charge is 0.293 e. The lowest BCUT2D eigenvalue weighted by atomic mass is 10.1. The van der Waals surface area contributed by atoms with Crippen LogP contribution < -0.4 is 15.5 Å². The fourth-order valence-corrected chi connectivity index (χ4v) is 4.93. The van der Waals surface area contributed by atoms with Crippen LogP contribution in [0.3, 0.4) is 0 Å². The van der Waals surface area contributed by atoms with Gasteiger partial charge in [0.25, 0.3) is 11.6 Å². The van der Waals surface area contributed by atoms with Crippen LogP contribution >= 0.6 is 35.4 Å². The number of nitrogens with zero attached hydrogens (tertiary/aromatic N) is 3. The van der Waals surface area contributed by atoms with E-state index in [1.165, 1.54) is 6.07 Å². The van der Waals surface area contributed by atoms with E-state index in [4.69, 9.17) is 39.8 Å². The first-order valence-electron chi connectivity index (χ1n) is 11.8. The maximum Gasteiger partial charge on any atom is 0.293 e. The van der Waals surface area contributed by atoms with E-state index in [-0.39, 0.29) is 16.4 Å². The number of amides is 1. The van der Waals surface area contributed by atoms with Gasteiger partial charge in [-0.05, 0) is 73.9 Å². The van der Waals surface area contributed by atoms with Gasteiger partial charge >= 0.3 is 0 Å². The summed E-state index contributed by atoms with van der Waals surface area (Å²) in [4.78, 5) is 30.5. The number of rotatable bonds is 5. The van der Waals surface area contributed by atoms with E-state index >= 15 is 0 Å². The molecule has 5 rings (SSSR count). The summed E-state index contributed by atoms with van der Waals surface area (Å²) in [6, 6.07) is 14.8. The van der Waals surface area contributed by atoms with Gasteiger partial charge in [-0.25, -0.2) is 4.98 Å². The molecule has 0 radical (unpaired) electrons. The highest BCUT2D eigenvalue weighted by atomic mass is 35.5. The number of benzene rings is 3. The second kappa shape index (κ2) is 10.9. The van der Waals surface area contributed by atoms with Gasteiger partial charge in [0.2, 0.25) is 5.89 Å². The molecule has 0 spiro atoms. The minimum absolute atomic E-state index is 0.0266. The van der Waals surface area contributed by atoms with Crippen molar-refractivity contribution in [2.45, 2.75) is 19.3 Å². The summed E-state index contributed by atoms with van der Waals surface area (Å²) in [7, 11) is 0. The van der Waals surface area contributed by atoms with Crippen molar-refractivity contribution in [2.75, 3.05) is 23.3 Å². The molecule has 1 aliphatic heterocycles. The Morgan fingerprint density at radius 2 is 1.87 bits per heavy atom. The predicted molar refractivity (Wildman–Crippen MR) is 152 cm³/mol. The van der Waals surface area contributed by atoms with Crippen molar-refractivity contribution >= 4 is 74.6 Å². The van der Waals surface area contributed by atoms with Gasteiger partial charge in [0.1, 0.15) is 11.2 Å². The Balaban J connectivity index is 1.29. The van der Waals surface area contributed by atoms with Crippen molar-refractivity contribution in [3.8, 4) is 11.5 Å². The lowest BCUT2D eigenvalue weighted by Gasteiger charge is -2.28. The summed E-state index contributed by atoms with van der Waals surface area (Å²) in [6.07, 6.45) is 3.07. The normalized spacial score (nSPS) is 13.4.